The number of aromatic nitrogens is 2. The summed E-state index contributed by atoms with van der Waals surface area (Å²) in [7, 11) is 3.18. The van der Waals surface area contributed by atoms with Crippen LogP contribution in [-0.4, -0.2) is 48.2 Å². The molecule has 1 aliphatic heterocycles. The van der Waals surface area contributed by atoms with E-state index in [1.807, 2.05) is 6.07 Å². The molecule has 2 heterocycles. The molecule has 0 unspecified atom stereocenters. The van der Waals surface area contributed by atoms with E-state index in [-0.39, 0.29) is 11.7 Å². The summed E-state index contributed by atoms with van der Waals surface area (Å²) in [5.41, 5.74) is 2.88. The van der Waals surface area contributed by atoms with Gasteiger partial charge in [0.1, 0.15) is 0 Å². The SMILES string of the molecule is COc1ccc(C(=O)[C@H]2CCCN(Cc3cc(C(C)C)n[nH]3)C2)cc1OC. The molecule has 1 aliphatic rings. The van der Waals surface area contributed by atoms with E-state index in [1.165, 1.54) is 0 Å². The first kappa shape index (κ1) is 19.4. The largest absolute Gasteiger partial charge is 0.493 e. The van der Waals surface area contributed by atoms with Crippen molar-refractivity contribution in [3.8, 4) is 11.5 Å². The fourth-order valence-electron chi connectivity index (χ4n) is 3.64. The van der Waals surface area contributed by atoms with Crippen molar-refractivity contribution in [3.05, 3.63) is 41.2 Å². The average molecular weight is 371 g/mol. The predicted molar refractivity (Wildman–Crippen MR) is 105 cm³/mol. The zero-order valence-corrected chi connectivity index (χ0v) is 16.6. The van der Waals surface area contributed by atoms with Gasteiger partial charge in [0.2, 0.25) is 0 Å². The molecule has 2 aromatic rings. The summed E-state index contributed by atoms with van der Waals surface area (Å²) >= 11 is 0. The Balaban J connectivity index is 1.67. The molecule has 6 heteroatoms. The Morgan fingerprint density at radius 2 is 2.04 bits per heavy atom. The Morgan fingerprint density at radius 1 is 1.26 bits per heavy atom. The minimum Gasteiger partial charge on any atom is -0.493 e. The second kappa shape index (κ2) is 8.57. The van der Waals surface area contributed by atoms with Gasteiger partial charge in [-0.05, 0) is 49.6 Å². The molecule has 6 nitrogen and oxygen atoms in total. The third-order valence-corrected chi connectivity index (χ3v) is 5.18. The summed E-state index contributed by atoms with van der Waals surface area (Å²) in [5.74, 6) is 1.82. The fraction of sp³-hybridized carbons (Fsp3) is 0.524. The van der Waals surface area contributed by atoms with Crippen molar-refractivity contribution in [2.24, 2.45) is 5.92 Å². The van der Waals surface area contributed by atoms with E-state index >= 15 is 0 Å². The van der Waals surface area contributed by atoms with Gasteiger partial charge >= 0.3 is 0 Å². The van der Waals surface area contributed by atoms with E-state index in [0.717, 1.165) is 43.9 Å². The number of nitrogens with one attached hydrogen (secondary N) is 1. The van der Waals surface area contributed by atoms with Crippen LogP contribution in [-0.2, 0) is 6.54 Å². The lowest BCUT2D eigenvalue weighted by atomic mass is 9.89. The van der Waals surface area contributed by atoms with Crippen molar-refractivity contribution < 1.29 is 14.3 Å². The van der Waals surface area contributed by atoms with E-state index in [9.17, 15) is 4.79 Å². The third kappa shape index (κ3) is 4.50. The molecule has 0 bridgehead atoms. The van der Waals surface area contributed by atoms with Gasteiger partial charge in [-0.15, -0.1) is 0 Å². The van der Waals surface area contributed by atoms with Crippen molar-refractivity contribution in [2.45, 2.75) is 39.2 Å². The number of ether oxygens (including phenoxy) is 2. The molecule has 3 rings (SSSR count). The normalized spacial score (nSPS) is 17.9. The van der Waals surface area contributed by atoms with E-state index < -0.39 is 0 Å². The monoisotopic (exact) mass is 371 g/mol. The van der Waals surface area contributed by atoms with Crippen molar-refractivity contribution in [2.75, 3.05) is 27.3 Å². The van der Waals surface area contributed by atoms with Gasteiger partial charge in [-0.25, -0.2) is 0 Å². The number of Topliss-reactive ketones (excluding diaryl/α,β-unsaturated/α-hetero) is 1. The van der Waals surface area contributed by atoms with Gasteiger partial charge in [-0.3, -0.25) is 14.8 Å². The first-order valence-electron chi connectivity index (χ1n) is 9.54. The number of piperidine rings is 1. The topological polar surface area (TPSA) is 67.5 Å². The van der Waals surface area contributed by atoms with Gasteiger partial charge in [-0.1, -0.05) is 13.8 Å². The Morgan fingerprint density at radius 3 is 2.70 bits per heavy atom. The first-order valence-corrected chi connectivity index (χ1v) is 9.54. The molecule has 1 aromatic heterocycles. The summed E-state index contributed by atoms with van der Waals surface area (Å²) in [6.45, 7) is 6.85. The number of benzene rings is 1. The number of likely N-dealkylation sites (tertiary alicyclic amines) is 1. The van der Waals surface area contributed by atoms with Crippen molar-refractivity contribution in [1.82, 2.24) is 15.1 Å². The first-order chi connectivity index (χ1) is 13.0. The highest BCUT2D eigenvalue weighted by Gasteiger charge is 2.27. The molecule has 146 valence electrons. The second-order valence-corrected chi connectivity index (χ2v) is 7.48. The van der Waals surface area contributed by atoms with Gasteiger partial charge in [0, 0.05) is 30.3 Å². The van der Waals surface area contributed by atoms with Crippen LogP contribution >= 0.6 is 0 Å². The smallest absolute Gasteiger partial charge is 0.167 e. The maximum absolute atomic E-state index is 13.0. The Hall–Kier alpha value is -2.34. The van der Waals surface area contributed by atoms with E-state index in [1.54, 1.807) is 26.4 Å². The molecule has 0 radical (unpaired) electrons. The summed E-state index contributed by atoms with van der Waals surface area (Å²) in [6, 6.07) is 7.53. The van der Waals surface area contributed by atoms with Gasteiger partial charge in [-0.2, -0.15) is 5.10 Å². The zero-order chi connectivity index (χ0) is 19.4. The minimum atomic E-state index is 0.00402. The summed E-state index contributed by atoms with van der Waals surface area (Å²) in [5, 5.41) is 7.50. The van der Waals surface area contributed by atoms with Crippen LogP contribution in [0, 0.1) is 5.92 Å². The van der Waals surface area contributed by atoms with Crippen molar-refractivity contribution >= 4 is 5.78 Å². The molecular formula is C21H29N3O3. The third-order valence-electron chi connectivity index (χ3n) is 5.18. The lowest BCUT2D eigenvalue weighted by Gasteiger charge is -2.31. The lowest BCUT2D eigenvalue weighted by Crippen LogP contribution is -2.38. The number of hydrogen-bond donors (Lipinski definition) is 1. The van der Waals surface area contributed by atoms with Crippen LogP contribution in [0.2, 0.25) is 0 Å². The maximum Gasteiger partial charge on any atom is 0.167 e. The van der Waals surface area contributed by atoms with Gasteiger partial charge < -0.3 is 9.47 Å². The summed E-state index contributed by atoms with van der Waals surface area (Å²) < 4.78 is 10.6. The quantitative estimate of drug-likeness (QED) is 0.753. The number of methoxy groups -OCH3 is 2. The van der Waals surface area contributed by atoms with Crippen LogP contribution in [0.25, 0.3) is 0 Å². The number of H-pyrrole nitrogens is 1. The van der Waals surface area contributed by atoms with E-state index in [4.69, 9.17) is 9.47 Å². The molecule has 1 atom stereocenters. The number of nitrogens with zero attached hydrogens (tertiary/aromatic N) is 2. The number of hydrogen-bond acceptors (Lipinski definition) is 5. The van der Waals surface area contributed by atoms with Gasteiger partial charge in [0.25, 0.3) is 0 Å². The summed E-state index contributed by atoms with van der Waals surface area (Å²) in [4.78, 5) is 15.4. The van der Waals surface area contributed by atoms with Crippen LogP contribution in [0.4, 0.5) is 0 Å². The molecule has 0 aliphatic carbocycles. The highest BCUT2D eigenvalue weighted by molar-refractivity contribution is 5.98. The van der Waals surface area contributed by atoms with Crippen molar-refractivity contribution in [3.63, 3.8) is 0 Å². The molecular weight excluding hydrogens is 342 g/mol. The Bertz CT molecular complexity index is 785. The number of aromatic amines is 1. The molecule has 1 saturated heterocycles. The number of carbonyl (C=O) groups is 1. The molecule has 27 heavy (non-hydrogen) atoms. The van der Waals surface area contributed by atoms with Crippen LogP contribution in [0.1, 0.15) is 54.4 Å². The fourth-order valence-corrected chi connectivity index (χ4v) is 3.64. The summed E-state index contributed by atoms with van der Waals surface area (Å²) in [6.07, 6.45) is 1.94. The number of carbonyl (C=O) groups excluding carboxylic acids is 1. The molecule has 0 amide bonds. The molecule has 0 saturated carbocycles. The van der Waals surface area contributed by atoms with Crippen LogP contribution < -0.4 is 9.47 Å². The average Bonchev–Trinajstić information content (AvgIpc) is 3.16. The predicted octanol–water partition coefficient (Wildman–Crippen LogP) is 3.65. The number of ketones is 1. The van der Waals surface area contributed by atoms with Crippen LogP contribution in [0.5, 0.6) is 11.5 Å². The molecule has 1 N–H and O–H groups in total. The van der Waals surface area contributed by atoms with Crippen LogP contribution in [0.3, 0.4) is 0 Å². The Kier molecular flexibility index (Phi) is 6.16. The van der Waals surface area contributed by atoms with Crippen molar-refractivity contribution in [1.29, 1.82) is 0 Å². The van der Waals surface area contributed by atoms with Gasteiger partial charge in [0.05, 0.1) is 19.9 Å². The maximum atomic E-state index is 13.0. The van der Waals surface area contributed by atoms with Gasteiger partial charge in [0.15, 0.2) is 17.3 Å². The molecule has 0 spiro atoms. The number of rotatable bonds is 7. The highest BCUT2D eigenvalue weighted by Crippen LogP contribution is 2.30. The second-order valence-electron chi connectivity index (χ2n) is 7.48. The zero-order valence-electron chi connectivity index (χ0n) is 16.6. The van der Waals surface area contributed by atoms with Crippen LogP contribution in [0.15, 0.2) is 24.3 Å². The molecule has 1 aromatic carbocycles. The standard InChI is InChI=1S/C21H29N3O3/c1-14(2)18-11-17(22-23-18)13-24-9-5-6-16(12-24)21(25)15-7-8-19(26-3)20(10-15)27-4/h7-8,10-11,14,16H,5-6,9,12-13H2,1-4H3,(H,22,23)/t16-/m0/s1. The van der Waals surface area contributed by atoms with E-state index in [2.05, 4.69) is 35.0 Å². The minimum absolute atomic E-state index is 0.00402. The molecule has 1 fully saturated rings. The van der Waals surface area contributed by atoms with E-state index in [0.29, 0.717) is 23.0 Å². The Labute approximate surface area is 160 Å². The lowest BCUT2D eigenvalue weighted by molar-refractivity contribution is 0.0809. The highest BCUT2D eigenvalue weighted by atomic mass is 16.5.